The Morgan fingerprint density at radius 2 is 2.09 bits per heavy atom. The molecule has 23 heavy (non-hydrogen) atoms. The van der Waals surface area contributed by atoms with Gasteiger partial charge in [-0.2, -0.15) is 0 Å². The summed E-state index contributed by atoms with van der Waals surface area (Å²) in [5, 5.41) is 9.98. The van der Waals surface area contributed by atoms with E-state index in [1.165, 1.54) is 0 Å². The molecule has 0 amide bonds. The molecule has 0 fully saturated rings. The van der Waals surface area contributed by atoms with Crippen LogP contribution < -0.4 is 5.73 Å². The molecule has 1 rings (SSSR count). The fourth-order valence-corrected chi connectivity index (χ4v) is 2.52. The van der Waals surface area contributed by atoms with E-state index in [-0.39, 0.29) is 13.0 Å². The predicted molar refractivity (Wildman–Crippen MR) is 85.1 cm³/mol. The number of hydrogen-bond donors (Lipinski definition) is 2. The number of hydrogen-bond acceptors (Lipinski definition) is 4. The SMILES string of the molecule is CCOC(=O)C1(N)C=C(C/C=C/CCCCCCC(F)F)C1O. The summed E-state index contributed by atoms with van der Waals surface area (Å²) in [5.41, 5.74) is 5.11. The van der Waals surface area contributed by atoms with E-state index in [1.807, 2.05) is 12.2 Å². The molecule has 0 saturated heterocycles. The van der Waals surface area contributed by atoms with E-state index in [9.17, 15) is 18.7 Å². The predicted octanol–water partition coefficient (Wildman–Crippen LogP) is 3.10. The molecule has 4 nitrogen and oxygen atoms in total. The molecule has 0 aromatic carbocycles. The molecule has 6 heteroatoms. The van der Waals surface area contributed by atoms with E-state index in [1.54, 1.807) is 13.0 Å². The zero-order valence-electron chi connectivity index (χ0n) is 13.6. The first kappa shape index (κ1) is 19.8. The summed E-state index contributed by atoms with van der Waals surface area (Å²) in [4.78, 5) is 11.6. The van der Waals surface area contributed by atoms with Gasteiger partial charge in [0.25, 0.3) is 0 Å². The fraction of sp³-hybridized carbons (Fsp3) is 0.706. The minimum atomic E-state index is -2.19. The van der Waals surface area contributed by atoms with Crippen molar-refractivity contribution in [2.75, 3.05) is 6.61 Å². The summed E-state index contributed by atoms with van der Waals surface area (Å²) < 4.78 is 28.7. The van der Waals surface area contributed by atoms with Crippen molar-refractivity contribution in [3.05, 3.63) is 23.8 Å². The van der Waals surface area contributed by atoms with Gasteiger partial charge in [-0.3, -0.25) is 0 Å². The van der Waals surface area contributed by atoms with Gasteiger partial charge >= 0.3 is 5.97 Å². The Labute approximate surface area is 136 Å². The highest BCUT2D eigenvalue weighted by molar-refractivity contribution is 5.87. The van der Waals surface area contributed by atoms with Gasteiger partial charge in [0, 0.05) is 6.42 Å². The van der Waals surface area contributed by atoms with Crippen LogP contribution in [-0.2, 0) is 9.53 Å². The van der Waals surface area contributed by atoms with Crippen LogP contribution in [-0.4, -0.2) is 35.8 Å². The smallest absolute Gasteiger partial charge is 0.333 e. The number of carbonyl (C=O) groups is 1. The van der Waals surface area contributed by atoms with Crippen LogP contribution in [0.3, 0.4) is 0 Å². The van der Waals surface area contributed by atoms with Crippen LogP contribution in [0.2, 0.25) is 0 Å². The van der Waals surface area contributed by atoms with Gasteiger partial charge in [-0.15, -0.1) is 0 Å². The number of esters is 1. The van der Waals surface area contributed by atoms with Crippen molar-refractivity contribution in [2.24, 2.45) is 5.73 Å². The number of halogens is 2. The second kappa shape index (κ2) is 9.78. The Balaban J connectivity index is 2.18. The molecule has 132 valence electrons. The Hall–Kier alpha value is -1.27. The largest absolute Gasteiger partial charge is 0.464 e. The van der Waals surface area contributed by atoms with Crippen molar-refractivity contribution in [2.45, 2.75) is 69.9 Å². The van der Waals surface area contributed by atoms with Crippen LogP contribution in [0.4, 0.5) is 8.78 Å². The maximum Gasteiger partial charge on any atom is 0.333 e. The van der Waals surface area contributed by atoms with Crippen LogP contribution in [0.15, 0.2) is 23.8 Å². The van der Waals surface area contributed by atoms with Crippen LogP contribution >= 0.6 is 0 Å². The number of unbranched alkanes of at least 4 members (excludes halogenated alkanes) is 4. The van der Waals surface area contributed by atoms with Crippen molar-refractivity contribution in [1.29, 1.82) is 0 Å². The molecule has 0 saturated carbocycles. The van der Waals surface area contributed by atoms with E-state index in [4.69, 9.17) is 10.5 Å². The highest BCUT2D eigenvalue weighted by Crippen LogP contribution is 2.32. The van der Waals surface area contributed by atoms with Gasteiger partial charge in [-0.05, 0) is 44.3 Å². The Morgan fingerprint density at radius 3 is 2.70 bits per heavy atom. The minimum absolute atomic E-state index is 0.0107. The third-order valence-corrected chi connectivity index (χ3v) is 3.92. The fourth-order valence-electron chi connectivity index (χ4n) is 2.52. The third kappa shape index (κ3) is 6.03. The number of aliphatic hydroxyl groups is 1. The Morgan fingerprint density at radius 1 is 1.39 bits per heavy atom. The summed E-state index contributed by atoms with van der Waals surface area (Å²) in [6.07, 6.45) is 7.02. The highest BCUT2D eigenvalue weighted by atomic mass is 19.3. The van der Waals surface area contributed by atoms with Crippen molar-refractivity contribution in [1.82, 2.24) is 0 Å². The average Bonchev–Trinajstić information content (AvgIpc) is 2.51. The van der Waals surface area contributed by atoms with E-state index in [2.05, 4.69) is 0 Å². The van der Waals surface area contributed by atoms with Crippen LogP contribution in [0.1, 0.15) is 51.9 Å². The normalized spacial score (nSPS) is 23.9. The quantitative estimate of drug-likeness (QED) is 0.347. The summed E-state index contributed by atoms with van der Waals surface area (Å²) in [6.45, 7) is 1.91. The summed E-state index contributed by atoms with van der Waals surface area (Å²) in [5.74, 6) is -0.607. The van der Waals surface area contributed by atoms with Gasteiger partial charge in [-0.1, -0.05) is 25.0 Å². The summed E-state index contributed by atoms with van der Waals surface area (Å²) in [6, 6.07) is 0. The lowest BCUT2D eigenvalue weighted by Gasteiger charge is -2.39. The molecular weight excluding hydrogens is 304 g/mol. The topological polar surface area (TPSA) is 72.5 Å². The number of carbonyl (C=O) groups excluding carboxylic acids is 1. The molecule has 3 N–H and O–H groups in total. The molecule has 0 bridgehead atoms. The molecule has 0 radical (unpaired) electrons. The lowest BCUT2D eigenvalue weighted by atomic mass is 9.75. The van der Waals surface area contributed by atoms with Gasteiger partial charge in [-0.25, -0.2) is 13.6 Å². The first-order chi connectivity index (χ1) is 10.9. The molecule has 0 heterocycles. The van der Waals surface area contributed by atoms with E-state index in [0.29, 0.717) is 18.4 Å². The van der Waals surface area contributed by atoms with E-state index >= 15 is 0 Å². The molecule has 2 atom stereocenters. The maximum absolute atomic E-state index is 11.9. The van der Waals surface area contributed by atoms with Gasteiger partial charge in [0.2, 0.25) is 6.43 Å². The lowest BCUT2D eigenvalue weighted by molar-refractivity contribution is -0.152. The van der Waals surface area contributed by atoms with Gasteiger partial charge in [0.05, 0.1) is 6.61 Å². The second-order valence-electron chi connectivity index (χ2n) is 5.83. The average molecular weight is 331 g/mol. The number of allylic oxidation sites excluding steroid dienone is 2. The van der Waals surface area contributed by atoms with E-state index in [0.717, 1.165) is 25.7 Å². The summed E-state index contributed by atoms with van der Waals surface area (Å²) >= 11 is 0. The second-order valence-corrected chi connectivity index (χ2v) is 5.83. The molecule has 0 aromatic rings. The molecule has 1 aliphatic rings. The first-order valence-corrected chi connectivity index (χ1v) is 8.20. The molecule has 0 aromatic heterocycles. The van der Waals surface area contributed by atoms with Crippen molar-refractivity contribution >= 4 is 5.97 Å². The lowest BCUT2D eigenvalue weighted by Crippen LogP contribution is -2.63. The Kier molecular flexibility index (Phi) is 8.41. The standard InChI is InChI=1S/C17H27F2NO3/c1-2-23-16(22)17(20)12-13(15(17)21)10-8-6-4-3-5-7-9-11-14(18)19/h6,8,12,14-15,21H,2-5,7,9-11,20H2,1H3/b8-6+. The number of rotatable bonds is 11. The van der Waals surface area contributed by atoms with E-state index < -0.39 is 24.0 Å². The monoisotopic (exact) mass is 331 g/mol. The number of alkyl halides is 2. The van der Waals surface area contributed by atoms with Crippen molar-refractivity contribution in [3.63, 3.8) is 0 Å². The molecule has 1 aliphatic carbocycles. The number of nitrogens with two attached hydrogens (primary N) is 1. The minimum Gasteiger partial charge on any atom is -0.464 e. The van der Waals surface area contributed by atoms with Gasteiger partial charge < -0.3 is 15.6 Å². The molecule has 0 spiro atoms. The number of ether oxygens (including phenoxy) is 1. The molecular formula is C17H27F2NO3. The third-order valence-electron chi connectivity index (χ3n) is 3.92. The highest BCUT2D eigenvalue weighted by Gasteiger charge is 2.49. The first-order valence-electron chi connectivity index (χ1n) is 8.20. The van der Waals surface area contributed by atoms with Crippen LogP contribution in [0.5, 0.6) is 0 Å². The van der Waals surface area contributed by atoms with Crippen LogP contribution in [0.25, 0.3) is 0 Å². The van der Waals surface area contributed by atoms with Gasteiger partial charge in [0.15, 0.2) is 5.54 Å². The molecule has 2 unspecified atom stereocenters. The van der Waals surface area contributed by atoms with Crippen molar-refractivity contribution < 1.29 is 23.4 Å². The van der Waals surface area contributed by atoms with Gasteiger partial charge in [0.1, 0.15) is 6.10 Å². The van der Waals surface area contributed by atoms with Crippen LogP contribution in [0, 0.1) is 0 Å². The summed E-state index contributed by atoms with van der Waals surface area (Å²) in [7, 11) is 0. The zero-order chi connectivity index (χ0) is 17.3. The maximum atomic E-state index is 11.9. The Bertz CT molecular complexity index is 438. The zero-order valence-corrected chi connectivity index (χ0v) is 13.6. The number of aliphatic hydroxyl groups excluding tert-OH is 1. The van der Waals surface area contributed by atoms with Crippen molar-refractivity contribution in [3.8, 4) is 0 Å². The molecule has 0 aliphatic heterocycles.